The van der Waals surface area contributed by atoms with Crippen molar-refractivity contribution in [2.45, 2.75) is 141 Å². The molecule has 8 heteroatoms. The summed E-state index contributed by atoms with van der Waals surface area (Å²) in [7, 11) is -4.27. The Morgan fingerprint density at radius 3 is 2.12 bits per heavy atom. The summed E-state index contributed by atoms with van der Waals surface area (Å²) in [5.74, 6) is 0.777. The number of hydrogen-bond acceptors (Lipinski definition) is 6. The highest BCUT2D eigenvalue weighted by Crippen LogP contribution is 2.25. The monoisotopic (exact) mass is 623 g/mol. The molecule has 1 aliphatic rings. The van der Waals surface area contributed by atoms with E-state index in [9.17, 15) is 13.0 Å². The van der Waals surface area contributed by atoms with E-state index in [2.05, 4.69) is 28.6 Å². The zero-order chi connectivity index (χ0) is 30.3. The van der Waals surface area contributed by atoms with Crippen LogP contribution in [0, 0.1) is 12.8 Å². The molecule has 2 unspecified atom stereocenters. The Hall–Kier alpha value is -1.32. The molecule has 6 nitrogen and oxygen atoms in total. The predicted octanol–water partition coefficient (Wildman–Crippen LogP) is 8.62. The molecule has 1 aromatic heterocycles. The molecule has 42 heavy (non-hydrogen) atoms. The van der Waals surface area contributed by atoms with E-state index in [0.717, 1.165) is 37.8 Å². The summed E-state index contributed by atoms with van der Waals surface area (Å²) in [5.41, 5.74) is 3.11. The average Bonchev–Trinajstić information content (AvgIpc) is 3.66. The third kappa shape index (κ3) is 18.4. The Balaban J connectivity index is 0.000000468. The van der Waals surface area contributed by atoms with E-state index >= 15 is 0 Å². The van der Waals surface area contributed by atoms with Gasteiger partial charge >= 0.3 is 0 Å². The van der Waals surface area contributed by atoms with Gasteiger partial charge in [-0.3, -0.25) is 0 Å². The molecular formula is C34H57NO5S2. The van der Waals surface area contributed by atoms with Crippen molar-refractivity contribution >= 4 is 21.5 Å². The van der Waals surface area contributed by atoms with Crippen molar-refractivity contribution in [2.75, 3.05) is 19.8 Å². The van der Waals surface area contributed by atoms with Gasteiger partial charge in [-0.25, -0.2) is 8.42 Å². The number of aromatic nitrogens is 1. The molecule has 1 fully saturated rings. The second-order valence-electron chi connectivity index (χ2n) is 11.9. The highest BCUT2D eigenvalue weighted by molar-refractivity contribution is 7.85. The summed E-state index contributed by atoms with van der Waals surface area (Å²) in [6.07, 6.45) is 25.9. The van der Waals surface area contributed by atoms with Crippen molar-refractivity contribution in [3.05, 3.63) is 46.9 Å². The molecule has 2 aromatic rings. The normalized spacial score (nSPS) is 16.8. The molecule has 1 aromatic carbocycles. The molecule has 1 saturated heterocycles. The van der Waals surface area contributed by atoms with E-state index < -0.39 is 10.1 Å². The van der Waals surface area contributed by atoms with E-state index in [1.165, 1.54) is 121 Å². The van der Waals surface area contributed by atoms with Crippen molar-refractivity contribution in [1.82, 2.24) is 0 Å². The largest absolute Gasteiger partial charge is 0.744 e. The third-order valence-corrected chi connectivity index (χ3v) is 9.50. The molecule has 0 bridgehead atoms. The van der Waals surface area contributed by atoms with Gasteiger partial charge in [0.15, 0.2) is 6.20 Å². The zero-order valence-electron chi connectivity index (χ0n) is 26.4. The minimum Gasteiger partial charge on any atom is -0.744 e. The van der Waals surface area contributed by atoms with E-state index in [-0.39, 0.29) is 4.90 Å². The molecule has 0 N–H and O–H groups in total. The topological polar surface area (TPSA) is 79.5 Å². The van der Waals surface area contributed by atoms with E-state index in [0.29, 0.717) is 6.10 Å². The molecule has 240 valence electrons. The smallest absolute Gasteiger partial charge is 0.224 e. The Morgan fingerprint density at radius 1 is 0.905 bits per heavy atom. The fourth-order valence-electron chi connectivity index (χ4n) is 5.36. The molecule has 3 rings (SSSR count). The molecule has 0 spiro atoms. The first-order chi connectivity index (χ1) is 20.4. The fraction of sp³-hybridized carbons (Fsp3) is 0.735. The van der Waals surface area contributed by atoms with Gasteiger partial charge in [0, 0.05) is 19.6 Å². The van der Waals surface area contributed by atoms with Gasteiger partial charge in [0.05, 0.1) is 23.0 Å². The lowest BCUT2D eigenvalue weighted by atomic mass is 9.97. The molecule has 0 radical (unpaired) electrons. The summed E-state index contributed by atoms with van der Waals surface area (Å²) in [4.78, 5) is -0.178. The number of benzene rings is 1. The lowest BCUT2D eigenvalue weighted by molar-refractivity contribution is -0.692. The van der Waals surface area contributed by atoms with Gasteiger partial charge in [0.2, 0.25) is 5.51 Å². The van der Waals surface area contributed by atoms with Crippen LogP contribution in [-0.4, -0.2) is 38.9 Å². The number of rotatable bonds is 22. The van der Waals surface area contributed by atoms with E-state index in [1.807, 2.05) is 6.92 Å². The summed E-state index contributed by atoms with van der Waals surface area (Å²) >= 11 is 1.76. The zero-order valence-corrected chi connectivity index (χ0v) is 28.0. The van der Waals surface area contributed by atoms with Crippen LogP contribution in [0.3, 0.4) is 0 Å². The van der Waals surface area contributed by atoms with Crippen molar-refractivity contribution in [2.24, 2.45) is 5.92 Å². The number of nitrogens with zero attached hydrogens (tertiary/aromatic N) is 1. The van der Waals surface area contributed by atoms with Crippen molar-refractivity contribution in [1.29, 1.82) is 0 Å². The number of ether oxygens (including phenoxy) is 2. The lowest BCUT2D eigenvalue weighted by Crippen LogP contribution is -2.29. The quantitative estimate of drug-likeness (QED) is 0.0745. The maximum atomic E-state index is 10.4. The van der Waals surface area contributed by atoms with Crippen LogP contribution in [0.25, 0.3) is 0 Å². The molecular weight excluding hydrogens is 567 g/mol. The van der Waals surface area contributed by atoms with Crippen LogP contribution in [0.15, 0.2) is 46.2 Å². The van der Waals surface area contributed by atoms with Crippen molar-refractivity contribution < 1.29 is 27.0 Å². The molecule has 1 aliphatic heterocycles. The van der Waals surface area contributed by atoms with Gasteiger partial charge in [-0.15, -0.1) is 0 Å². The first kappa shape index (κ1) is 36.9. The number of aryl methyl sites for hydroxylation is 2. The van der Waals surface area contributed by atoms with E-state index in [4.69, 9.17) is 9.47 Å². The standard InChI is InChI=1S/C27H50NO2S.C7H8O3S/c1-2-3-4-5-6-7-8-9-10-11-12-14-17-26-22-27(30-23-26)24-29-20-16-13-15-18-28-19-21-31-25-28;1-6-2-4-7(5-3-6)11(8,9)10/h19,21,25-27H,2-18,20,22-24H2,1H3;2-5H,1H3,(H,8,9,10)/q+1;/p-1. The summed E-state index contributed by atoms with van der Waals surface area (Å²) in [6, 6.07) is 5.78. The first-order valence-corrected chi connectivity index (χ1v) is 18.9. The Morgan fingerprint density at radius 2 is 1.52 bits per heavy atom. The Kier molecular flexibility index (Phi) is 20.3. The second-order valence-corrected chi connectivity index (χ2v) is 14.0. The second kappa shape index (κ2) is 23.1. The first-order valence-electron chi connectivity index (χ1n) is 16.5. The fourth-order valence-corrected chi connectivity index (χ4v) is 6.45. The van der Waals surface area contributed by atoms with Gasteiger partial charge in [-0.05, 0) is 50.7 Å². The average molecular weight is 624 g/mol. The molecule has 0 amide bonds. The van der Waals surface area contributed by atoms with Gasteiger partial charge < -0.3 is 14.0 Å². The SMILES string of the molecule is CCCCCCCCCCCCCCC1COC(COCCCCC[n+]2ccsc2)C1.Cc1ccc(S(=O)(=O)[O-])cc1. The van der Waals surface area contributed by atoms with Crippen molar-refractivity contribution in [3.63, 3.8) is 0 Å². The van der Waals surface area contributed by atoms with Crippen LogP contribution in [0.1, 0.15) is 122 Å². The van der Waals surface area contributed by atoms with Gasteiger partial charge in [-0.1, -0.05) is 113 Å². The predicted molar refractivity (Wildman–Crippen MR) is 172 cm³/mol. The molecule has 2 heterocycles. The van der Waals surface area contributed by atoms with Gasteiger partial charge in [0.25, 0.3) is 0 Å². The van der Waals surface area contributed by atoms with E-state index in [1.54, 1.807) is 23.5 Å². The highest BCUT2D eigenvalue weighted by Gasteiger charge is 2.25. The van der Waals surface area contributed by atoms with Gasteiger partial charge in [0.1, 0.15) is 16.7 Å². The molecule has 0 saturated carbocycles. The summed E-state index contributed by atoms with van der Waals surface area (Å²) < 4.78 is 45.3. The summed E-state index contributed by atoms with van der Waals surface area (Å²) in [5, 5.41) is 2.13. The van der Waals surface area contributed by atoms with Crippen LogP contribution in [0.4, 0.5) is 0 Å². The minimum atomic E-state index is -4.27. The van der Waals surface area contributed by atoms with Crippen LogP contribution >= 0.6 is 11.3 Å². The Bertz CT molecular complexity index is 995. The summed E-state index contributed by atoms with van der Waals surface area (Å²) in [6.45, 7) is 7.90. The number of unbranched alkanes of at least 4 members (excludes halogenated alkanes) is 13. The molecule has 0 aliphatic carbocycles. The minimum absolute atomic E-state index is 0.178. The van der Waals surface area contributed by atoms with Crippen molar-refractivity contribution in [3.8, 4) is 0 Å². The Labute approximate surface area is 261 Å². The van der Waals surface area contributed by atoms with Crippen LogP contribution in [-0.2, 0) is 26.1 Å². The van der Waals surface area contributed by atoms with Crippen LogP contribution in [0.2, 0.25) is 0 Å². The number of thiazole rings is 1. The maximum Gasteiger partial charge on any atom is 0.224 e. The lowest BCUT2D eigenvalue weighted by Gasteiger charge is -2.10. The number of hydrogen-bond donors (Lipinski definition) is 0. The highest BCUT2D eigenvalue weighted by atomic mass is 32.2. The third-order valence-electron chi connectivity index (χ3n) is 7.98. The van der Waals surface area contributed by atoms with Crippen LogP contribution < -0.4 is 4.57 Å². The van der Waals surface area contributed by atoms with Gasteiger partial charge in [-0.2, -0.15) is 4.57 Å². The maximum absolute atomic E-state index is 10.4. The molecule has 2 atom stereocenters. The van der Waals surface area contributed by atoms with Crippen LogP contribution in [0.5, 0.6) is 0 Å².